The summed E-state index contributed by atoms with van der Waals surface area (Å²) in [6.45, 7) is 4.12. The van der Waals surface area contributed by atoms with E-state index in [-0.39, 0.29) is 5.41 Å². The standard InChI is InChI=1S/C5H8Cl2/c1-4(2)3-5(4,6)7/h3H2,1-2H3. The van der Waals surface area contributed by atoms with E-state index in [9.17, 15) is 0 Å². The van der Waals surface area contributed by atoms with E-state index in [2.05, 4.69) is 13.8 Å². The molecule has 0 saturated heterocycles. The SMILES string of the molecule is CC1(C)CC1(Cl)Cl. The molecule has 0 N–H and O–H groups in total. The molecule has 0 bridgehead atoms. The van der Waals surface area contributed by atoms with Crippen LogP contribution in [-0.4, -0.2) is 4.33 Å². The van der Waals surface area contributed by atoms with E-state index in [1.165, 1.54) is 0 Å². The molecule has 1 rings (SSSR count). The van der Waals surface area contributed by atoms with Crippen molar-refractivity contribution in [3.63, 3.8) is 0 Å². The van der Waals surface area contributed by atoms with Crippen molar-refractivity contribution in [3.8, 4) is 0 Å². The fourth-order valence-electron chi connectivity index (χ4n) is 0.511. The summed E-state index contributed by atoms with van der Waals surface area (Å²) in [5.41, 5.74) is 0.177. The molecule has 0 nitrogen and oxygen atoms in total. The normalized spacial score (nSPS) is 32.6. The van der Waals surface area contributed by atoms with Gasteiger partial charge in [0.25, 0.3) is 0 Å². The molecule has 0 amide bonds. The monoisotopic (exact) mass is 138 g/mol. The van der Waals surface area contributed by atoms with Crippen molar-refractivity contribution in [2.45, 2.75) is 24.6 Å². The highest BCUT2D eigenvalue weighted by Crippen LogP contribution is 2.63. The van der Waals surface area contributed by atoms with Crippen molar-refractivity contribution >= 4 is 23.2 Å². The summed E-state index contributed by atoms with van der Waals surface area (Å²) in [4.78, 5) is 0. The lowest BCUT2D eigenvalue weighted by atomic mass is 10.2. The zero-order valence-electron chi connectivity index (χ0n) is 4.46. The van der Waals surface area contributed by atoms with E-state index < -0.39 is 4.33 Å². The third kappa shape index (κ3) is 0.748. The maximum Gasteiger partial charge on any atom is 0.124 e. The number of hydrogen-bond acceptors (Lipinski definition) is 0. The minimum atomic E-state index is -0.410. The first-order valence-electron chi connectivity index (χ1n) is 2.34. The largest absolute Gasteiger partial charge is 0.124 e. The van der Waals surface area contributed by atoms with Crippen LogP contribution in [0.2, 0.25) is 0 Å². The Kier molecular flexibility index (Phi) is 0.907. The third-order valence-corrected chi connectivity index (χ3v) is 2.82. The van der Waals surface area contributed by atoms with Gasteiger partial charge >= 0.3 is 0 Å². The van der Waals surface area contributed by atoms with Gasteiger partial charge in [0.1, 0.15) is 4.33 Å². The van der Waals surface area contributed by atoms with Crippen molar-refractivity contribution in [2.75, 3.05) is 0 Å². The van der Waals surface area contributed by atoms with Crippen LogP contribution in [-0.2, 0) is 0 Å². The van der Waals surface area contributed by atoms with Gasteiger partial charge in [-0.15, -0.1) is 23.2 Å². The first-order valence-corrected chi connectivity index (χ1v) is 3.09. The molecular weight excluding hydrogens is 131 g/mol. The fraction of sp³-hybridized carbons (Fsp3) is 1.00. The Labute approximate surface area is 53.8 Å². The van der Waals surface area contributed by atoms with Gasteiger partial charge in [-0.25, -0.2) is 0 Å². The minimum Gasteiger partial charge on any atom is -0.101 e. The Bertz CT molecular complexity index is 82.3. The second-order valence-corrected chi connectivity index (χ2v) is 4.25. The average Bonchev–Trinajstić information content (AvgIpc) is 1.63. The van der Waals surface area contributed by atoms with E-state index >= 15 is 0 Å². The third-order valence-electron chi connectivity index (χ3n) is 1.53. The second-order valence-electron chi connectivity index (χ2n) is 2.77. The highest BCUT2D eigenvalue weighted by atomic mass is 35.5. The van der Waals surface area contributed by atoms with Gasteiger partial charge in [0.15, 0.2) is 0 Å². The molecule has 2 heteroatoms. The summed E-state index contributed by atoms with van der Waals surface area (Å²) in [5, 5.41) is 0. The first kappa shape index (κ1) is 5.71. The van der Waals surface area contributed by atoms with Gasteiger partial charge in [-0.2, -0.15) is 0 Å². The zero-order chi connectivity index (χ0) is 5.71. The van der Waals surface area contributed by atoms with E-state index in [1.54, 1.807) is 0 Å². The number of hydrogen-bond donors (Lipinski definition) is 0. The lowest BCUT2D eigenvalue weighted by Gasteiger charge is -1.99. The molecule has 0 aromatic rings. The fourth-order valence-corrected chi connectivity index (χ4v) is 1.18. The van der Waals surface area contributed by atoms with Crippen LogP contribution in [0.5, 0.6) is 0 Å². The summed E-state index contributed by atoms with van der Waals surface area (Å²) in [6.07, 6.45) is 0.934. The molecule has 0 radical (unpaired) electrons. The summed E-state index contributed by atoms with van der Waals surface area (Å²) in [6, 6.07) is 0. The number of alkyl halides is 2. The van der Waals surface area contributed by atoms with Crippen LogP contribution in [0.3, 0.4) is 0 Å². The van der Waals surface area contributed by atoms with Crippen LogP contribution in [0, 0.1) is 5.41 Å². The van der Waals surface area contributed by atoms with Gasteiger partial charge in [0, 0.05) is 5.41 Å². The Hall–Kier alpha value is 0.580. The minimum absolute atomic E-state index is 0.177. The van der Waals surface area contributed by atoms with Crippen molar-refractivity contribution in [3.05, 3.63) is 0 Å². The quantitative estimate of drug-likeness (QED) is 0.452. The molecule has 1 aliphatic carbocycles. The molecule has 42 valence electrons. The first-order chi connectivity index (χ1) is 2.96. The molecule has 0 unspecified atom stereocenters. The molecule has 1 aliphatic rings. The zero-order valence-corrected chi connectivity index (χ0v) is 5.97. The average molecular weight is 139 g/mol. The molecule has 0 aromatic carbocycles. The molecule has 0 aromatic heterocycles. The van der Waals surface area contributed by atoms with Gasteiger partial charge in [0.2, 0.25) is 0 Å². The van der Waals surface area contributed by atoms with Crippen LogP contribution in [0.15, 0.2) is 0 Å². The molecular formula is C5H8Cl2. The van der Waals surface area contributed by atoms with Gasteiger partial charge < -0.3 is 0 Å². The molecule has 0 aliphatic heterocycles. The lowest BCUT2D eigenvalue weighted by Crippen LogP contribution is -1.96. The smallest absolute Gasteiger partial charge is 0.101 e. The number of halogens is 2. The van der Waals surface area contributed by atoms with E-state index in [0.717, 1.165) is 6.42 Å². The van der Waals surface area contributed by atoms with Crippen LogP contribution in [0.1, 0.15) is 20.3 Å². The van der Waals surface area contributed by atoms with E-state index in [0.29, 0.717) is 0 Å². The van der Waals surface area contributed by atoms with E-state index in [1.807, 2.05) is 0 Å². The highest BCUT2D eigenvalue weighted by molar-refractivity contribution is 6.51. The summed E-state index contributed by atoms with van der Waals surface area (Å²) in [7, 11) is 0. The Morgan fingerprint density at radius 1 is 1.29 bits per heavy atom. The molecule has 1 saturated carbocycles. The van der Waals surface area contributed by atoms with Gasteiger partial charge in [-0.05, 0) is 6.42 Å². The van der Waals surface area contributed by atoms with Crippen molar-refractivity contribution in [2.24, 2.45) is 5.41 Å². The Morgan fingerprint density at radius 3 is 1.43 bits per heavy atom. The van der Waals surface area contributed by atoms with Crippen LogP contribution in [0.25, 0.3) is 0 Å². The van der Waals surface area contributed by atoms with Crippen molar-refractivity contribution < 1.29 is 0 Å². The predicted octanol–water partition coefficient (Wildman–Crippen LogP) is 2.59. The summed E-state index contributed by atoms with van der Waals surface area (Å²) in [5.74, 6) is 0. The predicted molar refractivity (Wildman–Crippen MR) is 32.8 cm³/mol. The van der Waals surface area contributed by atoms with Crippen molar-refractivity contribution in [1.82, 2.24) is 0 Å². The maximum atomic E-state index is 5.70. The Balaban J connectivity index is 2.59. The molecule has 0 atom stereocenters. The summed E-state index contributed by atoms with van der Waals surface area (Å²) >= 11 is 11.4. The van der Waals surface area contributed by atoms with Crippen molar-refractivity contribution in [1.29, 1.82) is 0 Å². The highest BCUT2D eigenvalue weighted by Gasteiger charge is 2.59. The van der Waals surface area contributed by atoms with Gasteiger partial charge in [0.05, 0.1) is 0 Å². The Morgan fingerprint density at radius 2 is 1.43 bits per heavy atom. The molecule has 1 fully saturated rings. The van der Waals surface area contributed by atoms with E-state index in [4.69, 9.17) is 23.2 Å². The summed E-state index contributed by atoms with van der Waals surface area (Å²) < 4.78 is -0.410. The maximum absolute atomic E-state index is 5.70. The second kappa shape index (κ2) is 1.11. The molecule has 0 heterocycles. The van der Waals surface area contributed by atoms with Crippen LogP contribution in [0.4, 0.5) is 0 Å². The van der Waals surface area contributed by atoms with Gasteiger partial charge in [-0.1, -0.05) is 13.8 Å². The molecule has 0 spiro atoms. The van der Waals surface area contributed by atoms with Crippen LogP contribution < -0.4 is 0 Å². The van der Waals surface area contributed by atoms with Crippen LogP contribution >= 0.6 is 23.2 Å². The molecule has 7 heavy (non-hydrogen) atoms. The lowest BCUT2D eigenvalue weighted by molar-refractivity contribution is 0.641. The topological polar surface area (TPSA) is 0 Å². The number of rotatable bonds is 0. The van der Waals surface area contributed by atoms with Gasteiger partial charge in [-0.3, -0.25) is 0 Å².